The highest BCUT2D eigenvalue weighted by Crippen LogP contribution is 2.28. The molecule has 4 nitrogen and oxygen atoms in total. The summed E-state index contributed by atoms with van der Waals surface area (Å²) < 4.78 is 5.57. The van der Waals surface area contributed by atoms with Gasteiger partial charge in [0.05, 0.1) is 18.5 Å². The summed E-state index contributed by atoms with van der Waals surface area (Å²) in [6.07, 6.45) is 2.59. The monoisotopic (exact) mass is 197 g/mol. The first-order valence-electron chi connectivity index (χ1n) is 4.92. The summed E-state index contributed by atoms with van der Waals surface area (Å²) in [5, 5.41) is 6.95. The van der Waals surface area contributed by atoms with Gasteiger partial charge in [-0.05, 0) is 13.0 Å². The van der Waals surface area contributed by atoms with Crippen LogP contribution in [-0.4, -0.2) is 23.3 Å². The molecule has 1 heterocycles. The molecule has 0 unspecified atom stereocenters. The first kappa shape index (κ1) is 11.0. The van der Waals surface area contributed by atoms with Crippen molar-refractivity contribution in [2.45, 2.75) is 32.6 Å². The average Bonchev–Trinajstić information content (AvgIpc) is 2.52. The smallest absolute Gasteiger partial charge is 0.160 e. The number of aromatic amines is 1. The summed E-state index contributed by atoms with van der Waals surface area (Å²) in [6.45, 7) is 7.67. The van der Waals surface area contributed by atoms with E-state index in [1.54, 1.807) is 6.20 Å². The van der Waals surface area contributed by atoms with E-state index in [4.69, 9.17) is 10.5 Å². The standard InChI is InChI=1S/C10H19N3O/c1-10(2,3)9-8(7-12-13-9)14-6-4-5-11/h7H,4-6,11H2,1-3H3,(H,12,13). The van der Waals surface area contributed by atoms with Gasteiger partial charge in [0.1, 0.15) is 0 Å². The Morgan fingerprint density at radius 3 is 2.79 bits per heavy atom. The molecule has 4 heteroatoms. The topological polar surface area (TPSA) is 63.9 Å². The Hall–Kier alpha value is -1.03. The zero-order chi connectivity index (χ0) is 10.6. The van der Waals surface area contributed by atoms with Crippen LogP contribution in [0.15, 0.2) is 6.20 Å². The van der Waals surface area contributed by atoms with E-state index in [1.165, 1.54) is 0 Å². The maximum absolute atomic E-state index is 5.57. The molecular weight excluding hydrogens is 178 g/mol. The van der Waals surface area contributed by atoms with Crippen molar-refractivity contribution in [2.24, 2.45) is 5.73 Å². The summed E-state index contributed by atoms with van der Waals surface area (Å²) in [6, 6.07) is 0. The van der Waals surface area contributed by atoms with Gasteiger partial charge in [0.25, 0.3) is 0 Å². The van der Waals surface area contributed by atoms with E-state index in [1.807, 2.05) is 0 Å². The summed E-state index contributed by atoms with van der Waals surface area (Å²) in [4.78, 5) is 0. The number of hydrogen-bond acceptors (Lipinski definition) is 3. The summed E-state index contributed by atoms with van der Waals surface area (Å²) >= 11 is 0. The summed E-state index contributed by atoms with van der Waals surface area (Å²) in [5.41, 5.74) is 6.46. The molecule has 0 saturated heterocycles. The lowest BCUT2D eigenvalue weighted by atomic mass is 9.92. The first-order valence-corrected chi connectivity index (χ1v) is 4.92. The van der Waals surface area contributed by atoms with Crippen molar-refractivity contribution in [3.63, 3.8) is 0 Å². The normalized spacial score (nSPS) is 11.7. The predicted molar refractivity (Wildman–Crippen MR) is 56.5 cm³/mol. The number of H-pyrrole nitrogens is 1. The largest absolute Gasteiger partial charge is 0.490 e. The quantitative estimate of drug-likeness (QED) is 0.718. The van der Waals surface area contributed by atoms with Gasteiger partial charge in [0.2, 0.25) is 0 Å². The molecule has 0 aliphatic carbocycles. The molecule has 0 radical (unpaired) electrons. The molecule has 80 valence electrons. The molecule has 3 N–H and O–H groups in total. The highest BCUT2D eigenvalue weighted by molar-refractivity contribution is 5.29. The fourth-order valence-electron chi connectivity index (χ4n) is 1.19. The molecule has 0 aliphatic heterocycles. The average molecular weight is 197 g/mol. The van der Waals surface area contributed by atoms with Crippen molar-refractivity contribution in [1.29, 1.82) is 0 Å². The lowest BCUT2D eigenvalue weighted by Gasteiger charge is -2.18. The van der Waals surface area contributed by atoms with Gasteiger partial charge in [0, 0.05) is 5.41 Å². The van der Waals surface area contributed by atoms with E-state index in [-0.39, 0.29) is 5.41 Å². The van der Waals surface area contributed by atoms with Crippen molar-refractivity contribution in [2.75, 3.05) is 13.2 Å². The minimum atomic E-state index is 0.0363. The van der Waals surface area contributed by atoms with Gasteiger partial charge in [-0.3, -0.25) is 5.10 Å². The van der Waals surface area contributed by atoms with Crippen molar-refractivity contribution in [3.8, 4) is 5.75 Å². The maximum atomic E-state index is 5.57. The van der Waals surface area contributed by atoms with Crippen LogP contribution in [0.2, 0.25) is 0 Å². The van der Waals surface area contributed by atoms with E-state index in [0.29, 0.717) is 13.2 Å². The molecule has 0 aliphatic rings. The van der Waals surface area contributed by atoms with Crippen molar-refractivity contribution in [3.05, 3.63) is 11.9 Å². The SMILES string of the molecule is CC(C)(C)c1[nH]ncc1OCCCN. The molecule has 0 amide bonds. The van der Waals surface area contributed by atoms with Gasteiger partial charge >= 0.3 is 0 Å². The Morgan fingerprint density at radius 2 is 2.21 bits per heavy atom. The number of nitrogens with zero attached hydrogens (tertiary/aromatic N) is 1. The highest BCUT2D eigenvalue weighted by Gasteiger charge is 2.20. The third kappa shape index (κ3) is 2.73. The predicted octanol–water partition coefficient (Wildman–Crippen LogP) is 1.43. The molecule has 1 aromatic heterocycles. The van der Waals surface area contributed by atoms with E-state index in [0.717, 1.165) is 17.9 Å². The van der Waals surface area contributed by atoms with Gasteiger partial charge in [-0.15, -0.1) is 0 Å². The van der Waals surface area contributed by atoms with Gasteiger partial charge in [-0.1, -0.05) is 20.8 Å². The third-order valence-corrected chi connectivity index (χ3v) is 1.96. The molecule has 0 fully saturated rings. The number of hydrogen-bond donors (Lipinski definition) is 2. The second kappa shape index (κ2) is 4.46. The van der Waals surface area contributed by atoms with E-state index in [9.17, 15) is 0 Å². The second-order valence-corrected chi connectivity index (χ2v) is 4.35. The van der Waals surface area contributed by atoms with E-state index >= 15 is 0 Å². The lowest BCUT2D eigenvalue weighted by molar-refractivity contribution is 0.305. The number of ether oxygens (including phenoxy) is 1. The van der Waals surface area contributed by atoms with Gasteiger partial charge in [-0.25, -0.2) is 0 Å². The Balaban J connectivity index is 2.63. The van der Waals surface area contributed by atoms with Crippen molar-refractivity contribution in [1.82, 2.24) is 10.2 Å². The molecule has 0 saturated carbocycles. The van der Waals surface area contributed by atoms with Crippen LogP contribution in [0.25, 0.3) is 0 Å². The van der Waals surface area contributed by atoms with Crippen LogP contribution in [0.4, 0.5) is 0 Å². The first-order chi connectivity index (χ1) is 6.55. The number of nitrogens with one attached hydrogen (secondary N) is 1. The zero-order valence-electron chi connectivity index (χ0n) is 9.13. The molecule has 0 aromatic carbocycles. The minimum Gasteiger partial charge on any atom is -0.490 e. The molecule has 0 spiro atoms. The van der Waals surface area contributed by atoms with E-state index < -0.39 is 0 Å². The van der Waals surface area contributed by atoms with Crippen molar-refractivity contribution >= 4 is 0 Å². The van der Waals surface area contributed by atoms with Crippen molar-refractivity contribution < 1.29 is 4.74 Å². The summed E-state index contributed by atoms with van der Waals surface area (Å²) in [5.74, 6) is 0.839. The number of nitrogens with two attached hydrogens (primary N) is 1. The van der Waals surface area contributed by atoms with Crippen LogP contribution in [-0.2, 0) is 5.41 Å². The molecular formula is C10H19N3O. The molecule has 1 rings (SSSR count). The van der Waals surface area contributed by atoms with Crippen LogP contribution in [0.5, 0.6) is 5.75 Å². The zero-order valence-corrected chi connectivity index (χ0v) is 9.13. The van der Waals surface area contributed by atoms with Crippen LogP contribution < -0.4 is 10.5 Å². The Labute approximate surface area is 84.8 Å². The second-order valence-electron chi connectivity index (χ2n) is 4.35. The molecule has 0 atom stereocenters. The van der Waals surface area contributed by atoms with E-state index in [2.05, 4.69) is 31.0 Å². The molecule has 14 heavy (non-hydrogen) atoms. The Kier molecular flexibility index (Phi) is 3.52. The Morgan fingerprint density at radius 1 is 1.50 bits per heavy atom. The van der Waals surface area contributed by atoms with Crippen LogP contribution in [0.3, 0.4) is 0 Å². The van der Waals surface area contributed by atoms with Crippen LogP contribution in [0, 0.1) is 0 Å². The fourth-order valence-corrected chi connectivity index (χ4v) is 1.19. The lowest BCUT2D eigenvalue weighted by Crippen LogP contribution is -2.14. The Bertz CT molecular complexity index is 275. The number of aromatic nitrogens is 2. The third-order valence-electron chi connectivity index (χ3n) is 1.96. The van der Waals surface area contributed by atoms with Gasteiger partial charge in [0.15, 0.2) is 5.75 Å². The van der Waals surface area contributed by atoms with Crippen LogP contribution in [0.1, 0.15) is 32.9 Å². The maximum Gasteiger partial charge on any atom is 0.160 e. The number of rotatable bonds is 4. The van der Waals surface area contributed by atoms with Gasteiger partial charge in [-0.2, -0.15) is 5.10 Å². The minimum absolute atomic E-state index is 0.0363. The molecule has 0 bridgehead atoms. The molecule has 1 aromatic rings. The fraction of sp³-hybridized carbons (Fsp3) is 0.700. The van der Waals surface area contributed by atoms with Crippen LogP contribution >= 0.6 is 0 Å². The van der Waals surface area contributed by atoms with Gasteiger partial charge < -0.3 is 10.5 Å². The highest BCUT2D eigenvalue weighted by atomic mass is 16.5. The summed E-state index contributed by atoms with van der Waals surface area (Å²) in [7, 11) is 0.